The Morgan fingerprint density at radius 2 is 2.31 bits per heavy atom. The van der Waals surface area contributed by atoms with Crippen LogP contribution in [0.5, 0.6) is 0 Å². The maximum absolute atomic E-state index is 4.57. The first-order valence-corrected chi connectivity index (χ1v) is 6.22. The topological polar surface area (TPSA) is 12.9 Å². The largest absolute Gasteiger partial charge is 0.240 e. The van der Waals surface area contributed by atoms with Crippen LogP contribution in [-0.2, 0) is 11.8 Å². The monoisotopic (exact) mass is 255 g/mol. The predicted molar refractivity (Wildman–Crippen MR) is 61.6 cm³/mol. The molecule has 0 saturated carbocycles. The van der Waals surface area contributed by atoms with E-state index in [0.29, 0.717) is 0 Å². The van der Waals surface area contributed by atoms with Crippen LogP contribution in [0, 0.1) is 0 Å². The summed E-state index contributed by atoms with van der Waals surface area (Å²) < 4.78 is 1.30. The third kappa shape index (κ3) is 1.63. The van der Waals surface area contributed by atoms with Gasteiger partial charge in [0.15, 0.2) is 0 Å². The van der Waals surface area contributed by atoms with Gasteiger partial charge >= 0.3 is 0 Å². The molecular weight excluding hydrogens is 246 g/mol. The fraction of sp³-hybridized carbons (Fsp3) is 0.300. The van der Waals surface area contributed by atoms with Gasteiger partial charge in [0.25, 0.3) is 0 Å². The van der Waals surface area contributed by atoms with E-state index >= 15 is 0 Å². The standard InChI is InChI=1S/C10H10BrNS/c1-2-7-4-3-5-8-10(7)12-9(6-11)13-8/h3-5H,2,6H2,1H3. The van der Waals surface area contributed by atoms with Crippen LogP contribution in [0.15, 0.2) is 18.2 Å². The number of aromatic nitrogens is 1. The summed E-state index contributed by atoms with van der Waals surface area (Å²) in [6.45, 7) is 2.17. The number of benzene rings is 1. The second-order valence-corrected chi connectivity index (χ2v) is 4.53. The molecule has 0 N–H and O–H groups in total. The summed E-state index contributed by atoms with van der Waals surface area (Å²) in [7, 11) is 0. The summed E-state index contributed by atoms with van der Waals surface area (Å²) in [4.78, 5) is 4.57. The summed E-state index contributed by atoms with van der Waals surface area (Å²) in [6, 6.07) is 6.40. The molecule has 0 bridgehead atoms. The van der Waals surface area contributed by atoms with Gasteiger partial charge < -0.3 is 0 Å². The molecule has 2 rings (SSSR count). The first kappa shape index (κ1) is 9.16. The number of halogens is 1. The minimum atomic E-state index is 0.857. The normalized spacial score (nSPS) is 10.9. The van der Waals surface area contributed by atoms with E-state index in [1.165, 1.54) is 15.8 Å². The second-order valence-electron chi connectivity index (χ2n) is 2.86. The Morgan fingerprint density at radius 3 is 3.00 bits per heavy atom. The molecule has 1 aromatic heterocycles. The highest BCUT2D eigenvalue weighted by atomic mass is 79.9. The molecule has 0 saturated heterocycles. The summed E-state index contributed by atoms with van der Waals surface area (Å²) in [5, 5.41) is 2.02. The minimum absolute atomic E-state index is 0.857. The van der Waals surface area contributed by atoms with Crippen molar-refractivity contribution in [3.05, 3.63) is 28.8 Å². The third-order valence-electron chi connectivity index (χ3n) is 2.04. The number of para-hydroxylation sites is 1. The smallest absolute Gasteiger partial charge is 0.104 e. The summed E-state index contributed by atoms with van der Waals surface area (Å²) >= 11 is 5.20. The van der Waals surface area contributed by atoms with E-state index in [1.54, 1.807) is 11.3 Å². The molecule has 1 aromatic carbocycles. The molecule has 0 aliphatic heterocycles. The number of nitrogens with zero attached hydrogens (tertiary/aromatic N) is 1. The van der Waals surface area contributed by atoms with Gasteiger partial charge in [0, 0.05) is 0 Å². The van der Waals surface area contributed by atoms with E-state index < -0.39 is 0 Å². The molecule has 1 heterocycles. The molecule has 0 spiro atoms. The van der Waals surface area contributed by atoms with Crippen LogP contribution < -0.4 is 0 Å². The Hall–Kier alpha value is -0.410. The zero-order valence-electron chi connectivity index (χ0n) is 7.38. The SMILES string of the molecule is CCc1cccc2sc(CBr)nc12. The number of aryl methyl sites for hydroxylation is 1. The Balaban J connectivity index is 2.67. The van der Waals surface area contributed by atoms with E-state index in [0.717, 1.165) is 16.8 Å². The zero-order chi connectivity index (χ0) is 9.26. The zero-order valence-corrected chi connectivity index (χ0v) is 9.78. The van der Waals surface area contributed by atoms with Crippen molar-refractivity contribution >= 4 is 37.5 Å². The van der Waals surface area contributed by atoms with Crippen molar-refractivity contribution in [3.63, 3.8) is 0 Å². The van der Waals surface area contributed by atoms with Gasteiger partial charge in [0.2, 0.25) is 0 Å². The number of rotatable bonds is 2. The minimum Gasteiger partial charge on any atom is -0.240 e. The van der Waals surface area contributed by atoms with Crippen molar-refractivity contribution in [2.75, 3.05) is 0 Å². The van der Waals surface area contributed by atoms with Crippen LogP contribution in [0.4, 0.5) is 0 Å². The highest BCUT2D eigenvalue weighted by Gasteiger charge is 2.05. The van der Waals surface area contributed by atoms with Crippen LogP contribution in [0.25, 0.3) is 10.2 Å². The molecule has 0 aliphatic rings. The highest BCUT2D eigenvalue weighted by Crippen LogP contribution is 2.26. The molecule has 0 aliphatic carbocycles. The fourth-order valence-electron chi connectivity index (χ4n) is 1.39. The quantitative estimate of drug-likeness (QED) is 0.745. The first-order chi connectivity index (χ1) is 6.35. The average Bonchev–Trinajstić information content (AvgIpc) is 2.59. The Labute approximate surface area is 89.9 Å². The van der Waals surface area contributed by atoms with Gasteiger partial charge in [-0.1, -0.05) is 35.0 Å². The van der Waals surface area contributed by atoms with E-state index in [9.17, 15) is 0 Å². The summed E-state index contributed by atoms with van der Waals surface area (Å²) in [6.07, 6.45) is 1.06. The molecule has 0 amide bonds. The Kier molecular flexibility index (Phi) is 2.65. The number of thiazole rings is 1. The number of hydrogen-bond acceptors (Lipinski definition) is 2. The van der Waals surface area contributed by atoms with Gasteiger partial charge in [-0.25, -0.2) is 4.98 Å². The molecule has 0 atom stereocenters. The van der Waals surface area contributed by atoms with Gasteiger partial charge in [-0.3, -0.25) is 0 Å². The van der Waals surface area contributed by atoms with Crippen molar-refractivity contribution in [1.29, 1.82) is 0 Å². The fourth-order valence-corrected chi connectivity index (χ4v) is 2.73. The van der Waals surface area contributed by atoms with Crippen LogP contribution in [-0.4, -0.2) is 4.98 Å². The lowest BCUT2D eigenvalue weighted by molar-refractivity contribution is 1.14. The highest BCUT2D eigenvalue weighted by molar-refractivity contribution is 9.08. The summed E-state index contributed by atoms with van der Waals surface area (Å²) in [5.41, 5.74) is 2.53. The molecule has 1 nitrogen and oxygen atoms in total. The molecule has 13 heavy (non-hydrogen) atoms. The van der Waals surface area contributed by atoms with Crippen LogP contribution >= 0.6 is 27.3 Å². The third-order valence-corrected chi connectivity index (χ3v) is 3.96. The van der Waals surface area contributed by atoms with Crippen molar-refractivity contribution in [1.82, 2.24) is 4.98 Å². The number of alkyl halides is 1. The molecule has 68 valence electrons. The van der Waals surface area contributed by atoms with E-state index in [-0.39, 0.29) is 0 Å². The number of hydrogen-bond donors (Lipinski definition) is 0. The van der Waals surface area contributed by atoms with E-state index in [4.69, 9.17) is 0 Å². The second kappa shape index (κ2) is 3.76. The summed E-state index contributed by atoms with van der Waals surface area (Å²) in [5.74, 6) is 0. The molecule has 0 radical (unpaired) electrons. The predicted octanol–water partition coefficient (Wildman–Crippen LogP) is 3.75. The van der Waals surface area contributed by atoms with Gasteiger partial charge in [-0.05, 0) is 18.1 Å². The maximum atomic E-state index is 4.57. The molecule has 2 aromatic rings. The molecule has 0 unspecified atom stereocenters. The number of fused-ring (bicyclic) bond motifs is 1. The van der Waals surface area contributed by atoms with Gasteiger partial charge in [-0.2, -0.15) is 0 Å². The van der Waals surface area contributed by atoms with Crippen molar-refractivity contribution < 1.29 is 0 Å². The molecule has 3 heteroatoms. The van der Waals surface area contributed by atoms with Gasteiger partial charge in [0.05, 0.1) is 15.5 Å². The van der Waals surface area contributed by atoms with Crippen molar-refractivity contribution in [2.45, 2.75) is 18.7 Å². The van der Waals surface area contributed by atoms with E-state index in [1.807, 2.05) is 0 Å². The molecular formula is C10H10BrNS. The van der Waals surface area contributed by atoms with Crippen molar-refractivity contribution in [3.8, 4) is 0 Å². The maximum Gasteiger partial charge on any atom is 0.104 e. The Morgan fingerprint density at radius 1 is 1.46 bits per heavy atom. The first-order valence-electron chi connectivity index (χ1n) is 4.28. The lowest BCUT2D eigenvalue weighted by atomic mass is 10.1. The van der Waals surface area contributed by atoms with Crippen LogP contribution in [0.3, 0.4) is 0 Å². The van der Waals surface area contributed by atoms with Gasteiger partial charge in [-0.15, -0.1) is 11.3 Å². The van der Waals surface area contributed by atoms with E-state index in [2.05, 4.69) is 46.0 Å². The van der Waals surface area contributed by atoms with Crippen LogP contribution in [0.1, 0.15) is 17.5 Å². The average molecular weight is 256 g/mol. The lowest BCUT2D eigenvalue weighted by Gasteiger charge is -1.95. The van der Waals surface area contributed by atoms with Gasteiger partial charge in [0.1, 0.15) is 5.01 Å². The lowest BCUT2D eigenvalue weighted by Crippen LogP contribution is -1.82. The Bertz CT molecular complexity index is 422. The van der Waals surface area contributed by atoms with Crippen molar-refractivity contribution in [2.24, 2.45) is 0 Å². The van der Waals surface area contributed by atoms with Crippen LogP contribution in [0.2, 0.25) is 0 Å². The molecule has 0 fully saturated rings.